The lowest BCUT2D eigenvalue weighted by Gasteiger charge is -2.37. The van der Waals surface area contributed by atoms with Crippen LogP contribution in [0.15, 0.2) is 0 Å². The van der Waals surface area contributed by atoms with Gasteiger partial charge in [0.1, 0.15) is 0 Å². The number of hydrogen-bond donors (Lipinski definition) is 2. The molecule has 1 heterocycles. The molecule has 2 aliphatic rings. The van der Waals surface area contributed by atoms with Crippen LogP contribution in [0, 0.1) is 5.92 Å². The van der Waals surface area contributed by atoms with Gasteiger partial charge in [-0.15, -0.1) is 0 Å². The first-order valence-corrected chi connectivity index (χ1v) is 7.40. The van der Waals surface area contributed by atoms with Crippen LogP contribution < -0.4 is 5.32 Å². The third-order valence-corrected chi connectivity index (χ3v) is 4.33. The zero-order valence-corrected chi connectivity index (χ0v) is 12.4. The fraction of sp³-hybridized carbons (Fsp3) is 0.857. The number of piperazine rings is 1. The smallest absolute Gasteiger partial charge is 0.317 e. The normalized spacial score (nSPS) is 20.8. The number of nitrogens with one attached hydrogen (secondary N) is 1. The average Bonchev–Trinajstić information content (AvgIpc) is 3.21. The summed E-state index contributed by atoms with van der Waals surface area (Å²) in [6.07, 6.45) is 2.58. The Bertz CT molecular complexity index is 372. The van der Waals surface area contributed by atoms with Gasteiger partial charge in [-0.3, -0.25) is 9.69 Å². The predicted molar refractivity (Wildman–Crippen MR) is 75.6 cm³/mol. The van der Waals surface area contributed by atoms with Crippen molar-refractivity contribution >= 4 is 12.0 Å². The first-order valence-electron chi connectivity index (χ1n) is 7.40. The third-order valence-electron chi connectivity index (χ3n) is 4.33. The summed E-state index contributed by atoms with van der Waals surface area (Å²) in [7, 11) is 0. The maximum Gasteiger partial charge on any atom is 0.317 e. The van der Waals surface area contributed by atoms with Crippen molar-refractivity contribution in [3.05, 3.63) is 0 Å². The minimum Gasteiger partial charge on any atom is -0.481 e. The number of carboxylic acids is 1. The summed E-state index contributed by atoms with van der Waals surface area (Å²) in [5, 5.41) is 11.8. The van der Waals surface area contributed by atoms with E-state index in [9.17, 15) is 9.59 Å². The first kappa shape index (κ1) is 15.1. The molecule has 20 heavy (non-hydrogen) atoms. The summed E-state index contributed by atoms with van der Waals surface area (Å²) in [5.41, 5.74) is -0.114. The third kappa shape index (κ3) is 4.10. The van der Waals surface area contributed by atoms with Gasteiger partial charge in [-0.1, -0.05) is 0 Å². The van der Waals surface area contributed by atoms with Gasteiger partial charge in [0.2, 0.25) is 0 Å². The van der Waals surface area contributed by atoms with Crippen LogP contribution in [0.5, 0.6) is 0 Å². The van der Waals surface area contributed by atoms with Crippen LogP contribution in [0.4, 0.5) is 4.79 Å². The average molecular weight is 283 g/mol. The molecule has 0 spiro atoms. The van der Waals surface area contributed by atoms with Gasteiger partial charge in [-0.05, 0) is 32.6 Å². The molecule has 1 saturated heterocycles. The van der Waals surface area contributed by atoms with Crippen LogP contribution in [0.2, 0.25) is 0 Å². The molecule has 2 fully saturated rings. The Morgan fingerprint density at radius 1 is 1.20 bits per heavy atom. The number of carbonyl (C=O) groups is 2. The molecular weight excluding hydrogens is 258 g/mol. The lowest BCUT2D eigenvalue weighted by Crippen LogP contribution is -2.56. The summed E-state index contributed by atoms with van der Waals surface area (Å²) >= 11 is 0. The van der Waals surface area contributed by atoms with Crippen molar-refractivity contribution in [1.29, 1.82) is 0 Å². The van der Waals surface area contributed by atoms with E-state index in [0.29, 0.717) is 25.6 Å². The molecule has 6 heteroatoms. The van der Waals surface area contributed by atoms with E-state index in [0.717, 1.165) is 13.1 Å². The largest absolute Gasteiger partial charge is 0.481 e. The van der Waals surface area contributed by atoms with E-state index in [-0.39, 0.29) is 18.0 Å². The SMILES string of the molecule is CC(C)(NC(=O)N1CCN(CCC(=O)O)CC1)C1CC1. The van der Waals surface area contributed by atoms with Crippen LogP contribution in [0.3, 0.4) is 0 Å². The molecule has 1 aliphatic heterocycles. The van der Waals surface area contributed by atoms with E-state index in [1.165, 1.54) is 12.8 Å². The monoisotopic (exact) mass is 283 g/mol. The number of nitrogens with zero attached hydrogens (tertiary/aromatic N) is 2. The van der Waals surface area contributed by atoms with Crippen molar-refractivity contribution in [2.75, 3.05) is 32.7 Å². The fourth-order valence-corrected chi connectivity index (χ4v) is 2.69. The molecule has 0 aromatic carbocycles. The molecule has 1 saturated carbocycles. The van der Waals surface area contributed by atoms with Crippen LogP contribution in [0.1, 0.15) is 33.1 Å². The van der Waals surface area contributed by atoms with Gasteiger partial charge in [0.05, 0.1) is 6.42 Å². The van der Waals surface area contributed by atoms with Crippen molar-refractivity contribution in [2.24, 2.45) is 5.92 Å². The van der Waals surface area contributed by atoms with Gasteiger partial charge in [0.25, 0.3) is 0 Å². The van der Waals surface area contributed by atoms with Crippen molar-refractivity contribution in [1.82, 2.24) is 15.1 Å². The summed E-state index contributed by atoms with van der Waals surface area (Å²) in [6, 6.07) is 0.0137. The molecule has 0 radical (unpaired) electrons. The fourth-order valence-electron chi connectivity index (χ4n) is 2.69. The highest BCUT2D eigenvalue weighted by Crippen LogP contribution is 2.39. The van der Waals surface area contributed by atoms with Crippen LogP contribution in [0.25, 0.3) is 0 Å². The maximum absolute atomic E-state index is 12.2. The summed E-state index contributed by atoms with van der Waals surface area (Å²) < 4.78 is 0. The number of carbonyl (C=O) groups excluding carboxylic acids is 1. The molecule has 2 N–H and O–H groups in total. The quantitative estimate of drug-likeness (QED) is 0.789. The van der Waals surface area contributed by atoms with Crippen molar-refractivity contribution in [2.45, 2.75) is 38.6 Å². The topological polar surface area (TPSA) is 72.9 Å². The Morgan fingerprint density at radius 3 is 2.30 bits per heavy atom. The van der Waals surface area contributed by atoms with Gasteiger partial charge >= 0.3 is 12.0 Å². The minimum absolute atomic E-state index is 0.0137. The van der Waals surface area contributed by atoms with E-state index in [4.69, 9.17) is 5.11 Å². The summed E-state index contributed by atoms with van der Waals surface area (Å²) in [6.45, 7) is 7.60. The number of carboxylic acid groups (broad SMARTS) is 1. The Labute approximate surface area is 120 Å². The van der Waals surface area contributed by atoms with Gasteiger partial charge in [0, 0.05) is 38.3 Å². The second kappa shape index (κ2) is 5.99. The molecule has 2 amide bonds. The molecule has 0 aromatic rings. The van der Waals surface area contributed by atoms with E-state index in [1.807, 2.05) is 4.90 Å². The standard InChI is InChI=1S/C14H25N3O3/c1-14(2,11-3-4-11)15-13(20)17-9-7-16(8-10-17)6-5-12(18)19/h11H,3-10H2,1-2H3,(H,15,20)(H,18,19). The molecular formula is C14H25N3O3. The highest BCUT2D eigenvalue weighted by molar-refractivity contribution is 5.75. The molecule has 2 rings (SSSR count). The number of hydrogen-bond acceptors (Lipinski definition) is 3. The number of urea groups is 1. The van der Waals surface area contributed by atoms with E-state index >= 15 is 0 Å². The highest BCUT2D eigenvalue weighted by atomic mass is 16.4. The van der Waals surface area contributed by atoms with Crippen molar-refractivity contribution < 1.29 is 14.7 Å². The number of rotatable bonds is 5. The molecule has 0 atom stereocenters. The molecule has 0 aromatic heterocycles. The van der Waals surface area contributed by atoms with Crippen molar-refractivity contribution in [3.63, 3.8) is 0 Å². The van der Waals surface area contributed by atoms with Gasteiger partial charge in [-0.2, -0.15) is 0 Å². The van der Waals surface area contributed by atoms with E-state index in [1.54, 1.807) is 0 Å². The Balaban J connectivity index is 1.72. The first-order chi connectivity index (χ1) is 9.38. The lowest BCUT2D eigenvalue weighted by molar-refractivity contribution is -0.137. The Morgan fingerprint density at radius 2 is 1.80 bits per heavy atom. The number of amides is 2. The lowest BCUT2D eigenvalue weighted by atomic mass is 9.99. The highest BCUT2D eigenvalue weighted by Gasteiger charge is 2.39. The molecule has 1 aliphatic carbocycles. The van der Waals surface area contributed by atoms with Gasteiger partial charge in [0.15, 0.2) is 0 Å². The number of aliphatic carboxylic acids is 1. The van der Waals surface area contributed by atoms with Crippen LogP contribution >= 0.6 is 0 Å². The Kier molecular flexibility index (Phi) is 4.52. The molecule has 0 unspecified atom stereocenters. The zero-order valence-electron chi connectivity index (χ0n) is 12.4. The molecule has 114 valence electrons. The summed E-state index contributed by atoms with van der Waals surface area (Å²) in [5.74, 6) is -0.153. The van der Waals surface area contributed by atoms with E-state index < -0.39 is 5.97 Å². The van der Waals surface area contributed by atoms with E-state index in [2.05, 4.69) is 24.1 Å². The van der Waals surface area contributed by atoms with Crippen LogP contribution in [-0.2, 0) is 4.79 Å². The minimum atomic E-state index is -0.767. The van der Waals surface area contributed by atoms with Crippen LogP contribution in [-0.4, -0.2) is 65.2 Å². The van der Waals surface area contributed by atoms with Gasteiger partial charge < -0.3 is 15.3 Å². The predicted octanol–water partition coefficient (Wildman–Crippen LogP) is 0.977. The molecule has 6 nitrogen and oxygen atoms in total. The summed E-state index contributed by atoms with van der Waals surface area (Å²) in [4.78, 5) is 26.7. The maximum atomic E-state index is 12.2. The zero-order chi connectivity index (χ0) is 14.8. The Hall–Kier alpha value is -1.30. The van der Waals surface area contributed by atoms with Gasteiger partial charge in [-0.25, -0.2) is 4.79 Å². The molecule has 0 bridgehead atoms. The second-order valence-electron chi connectivity index (χ2n) is 6.40. The second-order valence-corrected chi connectivity index (χ2v) is 6.40. The van der Waals surface area contributed by atoms with Crippen molar-refractivity contribution in [3.8, 4) is 0 Å².